The Morgan fingerprint density at radius 2 is 2.27 bits per heavy atom. The molecule has 2 atom stereocenters. The predicted molar refractivity (Wildman–Crippen MR) is 84.7 cm³/mol. The Morgan fingerprint density at radius 3 is 2.95 bits per heavy atom. The van der Waals surface area contributed by atoms with E-state index in [9.17, 15) is 4.79 Å². The van der Waals surface area contributed by atoms with Gasteiger partial charge in [-0.2, -0.15) is 5.10 Å². The Hall–Kier alpha value is -1.78. The number of carbonyl (C=O) groups excluding carboxylic acids is 1. The summed E-state index contributed by atoms with van der Waals surface area (Å²) in [6, 6.07) is 0.113. The van der Waals surface area contributed by atoms with Gasteiger partial charge < -0.3 is 9.64 Å². The number of aromatic nitrogens is 2. The molecule has 120 valence electrons. The second-order valence-electron chi connectivity index (χ2n) is 6.35. The number of nitrogens with zero attached hydrogens (tertiary/aromatic N) is 3. The molecule has 0 bridgehead atoms. The molecule has 1 aliphatic heterocycles. The van der Waals surface area contributed by atoms with Gasteiger partial charge in [-0.3, -0.25) is 4.79 Å². The summed E-state index contributed by atoms with van der Waals surface area (Å²) in [7, 11) is 3.56. The molecule has 22 heavy (non-hydrogen) atoms. The standard InChI is InChI=1S/C17H25N3O2/c1-12-16(17(22-3)19(2)18-12)14-9-6-10-20(14)15(21)11-13-7-4-5-8-13/h4,7,13-14H,5-6,8-11H2,1-3H3/t13-,14-/m0/s1. The largest absolute Gasteiger partial charge is 0.481 e. The molecule has 1 fully saturated rings. The number of amides is 1. The summed E-state index contributed by atoms with van der Waals surface area (Å²) >= 11 is 0. The maximum atomic E-state index is 12.7. The molecule has 0 N–H and O–H groups in total. The molecule has 1 amide bonds. The molecule has 1 saturated heterocycles. The summed E-state index contributed by atoms with van der Waals surface area (Å²) in [5.41, 5.74) is 2.04. The second kappa shape index (κ2) is 6.15. The summed E-state index contributed by atoms with van der Waals surface area (Å²) in [6.45, 7) is 2.84. The first kappa shape index (κ1) is 15.1. The lowest BCUT2D eigenvalue weighted by Gasteiger charge is -2.26. The fourth-order valence-electron chi connectivity index (χ4n) is 3.85. The second-order valence-corrected chi connectivity index (χ2v) is 6.35. The van der Waals surface area contributed by atoms with Crippen LogP contribution in [0.25, 0.3) is 0 Å². The molecule has 0 spiro atoms. The number of hydrogen-bond donors (Lipinski definition) is 0. The van der Waals surface area contributed by atoms with Crippen LogP contribution in [-0.4, -0.2) is 34.2 Å². The first-order valence-electron chi connectivity index (χ1n) is 8.15. The van der Waals surface area contributed by atoms with Crippen LogP contribution >= 0.6 is 0 Å². The molecule has 0 aromatic carbocycles. The molecule has 0 unspecified atom stereocenters. The van der Waals surface area contributed by atoms with Crippen LogP contribution in [0, 0.1) is 12.8 Å². The summed E-state index contributed by atoms with van der Waals surface area (Å²) in [4.78, 5) is 14.8. The van der Waals surface area contributed by atoms with E-state index >= 15 is 0 Å². The Labute approximate surface area is 131 Å². The first-order valence-corrected chi connectivity index (χ1v) is 8.15. The Morgan fingerprint density at radius 1 is 1.45 bits per heavy atom. The van der Waals surface area contributed by atoms with Crippen LogP contribution < -0.4 is 4.74 Å². The minimum Gasteiger partial charge on any atom is -0.481 e. The zero-order valence-corrected chi connectivity index (χ0v) is 13.7. The number of hydrogen-bond acceptors (Lipinski definition) is 3. The van der Waals surface area contributed by atoms with E-state index in [2.05, 4.69) is 17.3 Å². The van der Waals surface area contributed by atoms with E-state index in [0.29, 0.717) is 12.3 Å². The van der Waals surface area contributed by atoms with E-state index in [0.717, 1.165) is 49.4 Å². The van der Waals surface area contributed by atoms with Gasteiger partial charge in [-0.1, -0.05) is 12.2 Å². The van der Waals surface area contributed by atoms with Gasteiger partial charge in [0.2, 0.25) is 11.8 Å². The molecular weight excluding hydrogens is 278 g/mol. The van der Waals surface area contributed by atoms with Crippen LogP contribution in [0.2, 0.25) is 0 Å². The van der Waals surface area contributed by atoms with Crippen LogP contribution in [0.1, 0.15) is 49.4 Å². The van der Waals surface area contributed by atoms with E-state index in [4.69, 9.17) is 4.74 Å². The molecule has 3 rings (SSSR count). The van der Waals surface area contributed by atoms with Crippen molar-refractivity contribution in [2.75, 3.05) is 13.7 Å². The van der Waals surface area contributed by atoms with Crippen LogP contribution in [0.4, 0.5) is 0 Å². The molecule has 1 aromatic rings. The van der Waals surface area contributed by atoms with Crippen molar-refractivity contribution in [1.82, 2.24) is 14.7 Å². The minimum atomic E-state index is 0.113. The Bertz CT molecular complexity index is 591. The maximum absolute atomic E-state index is 12.7. The molecule has 0 saturated carbocycles. The van der Waals surface area contributed by atoms with E-state index in [1.54, 1.807) is 11.8 Å². The van der Waals surface area contributed by atoms with Crippen LogP contribution in [0.15, 0.2) is 12.2 Å². The molecule has 1 aliphatic carbocycles. The van der Waals surface area contributed by atoms with Gasteiger partial charge in [0.15, 0.2) is 0 Å². The van der Waals surface area contributed by atoms with Crippen molar-refractivity contribution in [1.29, 1.82) is 0 Å². The van der Waals surface area contributed by atoms with E-state index in [1.165, 1.54) is 0 Å². The van der Waals surface area contributed by atoms with Gasteiger partial charge in [0, 0.05) is 20.0 Å². The average Bonchev–Trinajstić information content (AvgIpc) is 3.18. The highest BCUT2D eigenvalue weighted by Gasteiger charge is 2.35. The topological polar surface area (TPSA) is 47.4 Å². The molecule has 2 heterocycles. The average molecular weight is 303 g/mol. The highest BCUT2D eigenvalue weighted by Crippen LogP contribution is 2.39. The third kappa shape index (κ3) is 2.64. The number of likely N-dealkylation sites (tertiary alicyclic amines) is 1. The SMILES string of the molecule is COc1c([C@@H]2CCCN2C(=O)C[C@H]2C=CCC2)c(C)nn1C. The summed E-state index contributed by atoms with van der Waals surface area (Å²) in [6.07, 6.45) is 9.28. The van der Waals surface area contributed by atoms with E-state index in [-0.39, 0.29) is 11.9 Å². The van der Waals surface area contributed by atoms with Crippen molar-refractivity contribution in [3.8, 4) is 5.88 Å². The third-order valence-corrected chi connectivity index (χ3v) is 4.86. The van der Waals surface area contributed by atoms with Crippen molar-refractivity contribution in [2.45, 2.75) is 45.1 Å². The summed E-state index contributed by atoms with van der Waals surface area (Å²) < 4.78 is 7.29. The predicted octanol–water partition coefficient (Wildman–Crippen LogP) is 2.76. The van der Waals surface area contributed by atoms with Crippen LogP contribution in [0.5, 0.6) is 5.88 Å². The number of rotatable bonds is 4. The lowest BCUT2D eigenvalue weighted by atomic mass is 10.0. The molecule has 5 nitrogen and oxygen atoms in total. The zero-order valence-electron chi connectivity index (χ0n) is 13.7. The number of aryl methyl sites for hydroxylation is 2. The number of carbonyl (C=O) groups is 1. The summed E-state index contributed by atoms with van der Waals surface area (Å²) in [5.74, 6) is 1.47. The number of methoxy groups -OCH3 is 1. The summed E-state index contributed by atoms with van der Waals surface area (Å²) in [5, 5.41) is 4.47. The third-order valence-electron chi connectivity index (χ3n) is 4.86. The highest BCUT2D eigenvalue weighted by molar-refractivity contribution is 5.77. The van der Waals surface area contributed by atoms with E-state index in [1.807, 2.05) is 18.9 Å². The fourth-order valence-corrected chi connectivity index (χ4v) is 3.85. The highest BCUT2D eigenvalue weighted by atomic mass is 16.5. The van der Waals surface area contributed by atoms with Crippen molar-refractivity contribution in [3.63, 3.8) is 0 Å². The van der Waals surface area contributed by atoms with Gasteiger partial charge in [0.25, 0.3) is 0 Å². The molecule has 1 aromatic heterocycles. The number of ether oxygens (including phenoxy) is 1. The van der Waals surface area contributed by atoms with Gasteiger partial charge in [-0.05, 0) is 38.5 Å². The molecule has 5 heteroatoms. The maximum Gasteiger partial charge on any atom is 0.223 e. The van der Waals surface area contributed by atoms with Crippen molar-refractivity contribution >= 4 is 5.91 Å². The monoisotopic (exact) mass is 303 g/mol. The lowest BCUT2D eigenvalue weighted by molar-refractivity contribution is -0.132. The zero-order chi connectivity index (χ0) is 15.7. The van der Waals surface area contributed by atoms with Crippen molar-refractivity contribution in [2.24, 2.45) is 13.0 Å². The van der Waals surface area contributed by atoms with Crippen molar-refractivity contribution < 1.29 is 9.53 Å². The number of allylic oxidation sites excluding steroid dienone is 2. The van der Waals surface area contributed by atoms with Crippen LogP contribution in [-0.2, 0) is 11.8 Å². The normalized spacial score (nSPS) is 24.2. The Kier molecular flexibility index (Phi) is 4.23. The Balaban J connectivity index is 1.81. The molecular formula is C17H25N3O2. The van der Waals surface area contributed by atoms with Gasteiger partial charge in [-0.25, -0.2) is 4.68 Å². The minimum absolute atomic E-state index is 0.113. The van der Waals surface area contributed by atoms with Gasteiger partial charge in [-0.15, -0.1) is 0 Å². The molecule has 0 radical (unpaired) electrons. The van der Waals surface area contributed by atoms with E-state index < -0.39 is 0 Å². The van der Waals surface area contributed by atoms with Crippen LogP contribution in [0.3, 0.4) is 0 Å². The first-order chi connectivity index (χ1) is 10.6. The van der Waals surface area contributed by atoms with Gasteiger partial charge in [0.05, 0.1) is 24.4 Å². The van der Waals surface area contributed by atoms with Crippen molar-refractivity contribution in [3.05, 3.63) is 23.4 Å². The van der Waals surface area contributed by atoms with Gasteiger partial charge >= 0.3 is 0 Å². The smallest absolute Gasteiger partial charge is 0.223 e. The molecule has 2 aliphatic rings. The quantitative estimate of drug-likeness (QED) is 0.804. The lowest BCUT2D eigenvalue weighted by Crippen LogP contribution is -2.31. The fraction of sp³-hybridized carbons (Fsp3) is 0.647. The van der Waals surface area contributed by atoms with Gasteiger partial charge in [0.1, 0.15) is 0 Å².